The predicted octanol–water partition coefficient (Wildman–Crippen LogP) is 1.98. The van der Waals surface area contributed by atoms with Crippen LogP contribution >= 0.6 is 0 Å². The Labute approximate surface area is 99.2 Å². The van der Waals surface area contributed by atoms with E-state index in [1.165, 1.54) is 32.1 Å². The molecular formula is C11H28N3S+. The Hall–Kier alpha value is 0.230. The molecule has 0 spiro atoms. The van der Waals surface area contributed by atoms with Crippen LogP contribution in [0.1, 0.15) is 32.1 Å². The van der Waals surface area contributed by atoms with Crippen molar-refractivity contribution in [3.8, 4) is 0 Å². The molecule has 0 bridgehead atoms. The highest BCUT2D eigenvalue weighted by Crippen LogP contribution is 2.15. The van der Waals surface area contributed by atoms with E-state index in [1.54, 1.807) is 0 Å². The van der Waals surface area contributed by atoms with Gasteiger partial charge in [-0.3, -0.25) is 0 Å². The molecule has 0 saturated heterocycles. The third kappa shape index (κ3) is 7.17. The maximum atomic E-state index is 2.19. The van der Waals surface area contributed by atoms with Gasteiger partial charge in [0.2, 0.25) is 0 Å². The Morgan fingerprint density at radius 2 is 0.733 bits per heavy atom. The van der Waals surface area contributed by atoms with Crippen LogP contribution in [-0.4, -0.2) is 55.2 Å². The van der Waals surface area contributed by atoms with Gasteiger partial charge in [0.1, 0.15) is 0 Å². The fourth-order valence-corrected chi connectivity index (χ4v) is 3.82. The van der Waals surface area contributed by atoms with E-state index in [2.05, 4.69) is 55.2 Å². The summed E-state index contributed by atoms with van der Waals surface area (Å²) in [6.45, 7) is 0. The Bertz CT molecular complexity index is 118. The van der Waals surface area contributed by atoms with E-state index in [0.717, 1.165) is 0 Å². The lowest BCUT2D eigenvalue weighted by molar-refractivity contribution is 0.511. The Morgan fingerprint density at radius 3 is 0.800 bits per heavy atom. The van der Waals surface area contributed by atoms with Gasteiger partial charge in [-0.15, -0.1) is 0 Å². The second-order valence-corrected chi connectivity index (χ2v) is 7.13. The monoisotopic (exact) mass is 234 g/mol. The molecule has 0 aromatic heterocycles. The summed E-state index contributed by atoms with van der Waals surface area (Å²) in [5.74, 6) is 0. The molecule has 0 radical (unpaired) electrons. The largest absolute Gasteiger partial charge is 0.266 e. The summed E-state index contributed by atoms with van der Waals surface area (Å²) in [6, 6.07) is 0. The zero-order valence-corrected chi connectivity index (χ0v) is 12.1. The highest BCUT2D eigenvalue weighted by atomic mass is 32.2. The van der Waals surface area contributed by atoms with Crippen LogP contribution in [0.2, 0.25) is 0 Å². The van der Waals surface area contributed by atoms with Crippen molar-refractivity contribution in [3.05, 3.63) is 0 Å². The van der Waals surface area contributed by atoms with Gasteiger partial charge in [-0.05, 0) is 0 Å². The molecule has 1 saturated carbocycles. The van der Waals surface area contributed by atoms with Crippen LogP contribution in [0.5, 0.6) is 0 Å². The van der Waals surface area contributed by atoms with Crippen molar-refractivity contribution in [1.29, 1.82) is 0 Å². The minimum absolute atomic E-state index is 0.120. The van der Waals surface area contributed by atoms with Crippen molar-refractivity contribution in [2.24, 2.45) is 0 Å². The Balaban J connectivity index is 0.000000322. The molecule has 1 aliphatic carbocycles. The first-order valence-electron chi connectivity index (χ1n) is 5.73. The predicted molar refractivity (Wildman–Crippen MR) is 71.5 cm³/mol. The molecular weight excluding hydrogens is 206 g/mol. The summed E-state index contributed by atoms with van der Waals surface area (Å²) in [5, 5.41) is 0. The van der Waals surface area contributed by atoms with E-state index >= 15 is 0 Å². The van der Waals surface area contributed by atoms with Gasteiger partial charge in [0.15, 0.2) is 0 Å². The van der Waals surface area contributed by atoms with Crippen LogP contribution in [0, 0.1) is 0 Å². The van der Waals surface area contributed by atoms with Crippen LogP contribution in [0.25, 0.3) is 0 Å². The summed E-state index contributed by atoms with van der Waals surface area (Å²) in [5.41, 5.74) is 0. The molecule has 3 nitrogen and oxygen atoms in total. The average molecular weight is 234 g/mol. The second kappa shape index (κ2) is 8.39. The summed E-state index contributed by atoms with van der Waals surface area (Å²) in [7, 11) is 12.5. The van der Waals surface area contributed by atoms with E-state index in [-0.39, 0.29) is 11.5 Å². The quantitative estimate of drug-likeness (QED) is 0.692. The molecule has 0 N–H and O–H groups in total. The smallest absolute Gasteiger partial charge is 0.0942 e. The van der Waals surface area contributed by atoms with Gasteiger partial charge < -0.3 is 0 Å². The molecule has 0 amide bonds. The number of hydrogen-bond donors (Lipinski definition) is 0. The summed E-state index contributed by atoms with van der Waals surface area (Å²) < 4.78 is 6.58. The van der Waals surface area contributed by atoms with Gasteiger partial charge >= 0.3 is 0 Å². The molecule has 0 aromatic carbocycles. The van der Waals surface area contributed by atoms with Gasteiger partial charge in [-0.25, -0.2) is 0 Å². The van der Waals surface area contributed by atoms with Crippen molar-refractivity contribution >= 4 is 11.5 Å². The van der Waals surface area contributed by atoms with Crippen molar-refractivity contribution in [3.63, 3.8) is 0 Å². The summed E-state index contributed by atoms with van der Waals surface area (Å²) >= 11 is 0.120. The first-order chi connectivity index (χ1) is 6.96. The minimum Gasteiger partial charge on any atom is -0.0942 e. The first kappa shape index (κ1) is 15.2. The van der Waals surface area contributed by atoms with Gasteiger partial charge in [-0.1, -0.05) is 45.0 Å². The number of hydrogen-bond acceptors (Lipinski definition) is 3. The van der Waals surface area contributed by atoms with Crippen molar-refractivity contribution in [1.82, 2.24) is 12.9 Å². The van der Waals surface area contributed by atoms with E-state index in [1.807, 2.05) is 0 Å². The van der Waals surface area contributed by atoms with Crippen LogP contribution in [0.4, 0.5) is 0 Å². The molecule has 0 unspecified atom stereocenters. The molecule has 1 rings (SSSR count). The number of nitrogens with zero attached hydrogens (tertiary/aromatic N) is 3. The Kier molecular flexibility index (Phi) is 8.52. The molecule has 0 atom stereocenters. The fraction of sp³-hybridized carbons (Fsp3) is 1.00. The lowest BCUT2D eigenvalue weighted by Gasteiger charge is -2.20. The van der Waals surface area contributed by atoms with Crippen LogP contribution in [0.3, 0.4) is 0 Å². The van der Waals surface area contributed by atoms with E-state index in [4.69, 9.17) is 0 Å². The summed E-state index contributed by atoms with van der Waals surface area (Å²) in [6.07, 6.45) is 7.50. The fourth-order valence-electron chi connectivity index (χ4n) is 1.86. The maximum absolute atomic E-state index is 2.19. The average Bonchev–Trinajstić information content (AvgIpc) is 2.56. The summed E-state index contributed by atoms with van der Waals surface area (Å²) in [4.78, 5) is 0. The Morgan fingerprint density at radius 1 is 0.533 bits per heavy atom. The molecule has 1 aliphatic rings. The third-order valence-electron chi connectivity index (χ3n) is 2.23. The zero-order chi connectivity index (χ0) is 11.8. The van der Waals surface area contributed by atoms with Gasteiger partial charge in [-0.2, -0.15) is 0 Å². The van der Waals surface area contributed by atoms with Gasteiger partial charge in [0.25, 0.3) is 11.5 Å². The van der Waals surface area contributed by atoms with E-state index in [9.17, 15) is 0 Å². The minimum atomic E-state index is 0.120. The lowest BCUT2D eigenvalue weighted by Crippen LogP contribution is -2.44. The zero-order valence-electron chi connectivity index (χ0n) is 11.3. The maximum Gasteiger partial charge on any atom is 0.266 e. The van der Waals surface area contributed by atoms with Crippen LogP contribution < -0.4 is 0 Å². The molecule has 15 heavy (non-hydrogen) atoms. The second-order valence-electron chi connectivity index (χ2n) is 4.45. The molecule has 1 fully saturated rings. The van der Waals surface area contributed by atoms with Gasteiger partial charge in [0, 0.05) is 42.3 Å². The molecule has 0 aromatic rings. The highest BCUT2D eigenvalue weighted by Gasteiger charge is 2.29. The van der Waals surface area contributed by atoms with Crippen LogP contribution in [0.15, 0.2) is 0 Å². The van der Waals surface area contributed by atoms with E-state index < -0.39 is 0 Å². The van der Waals surface area contributed by atoms with Crippen molar-refractivity contribution in [2.45, 2.75) is 32.1 Å². The van der Waals surface area contributed by atoms with Crippen molar-refractivity contribution < 1.29 is 0 Å². The van der Waals surface area contributed by atoms with Gasteiger partial charge in [0.05, 0.1) is 0 Å². The SMILES string of the molecule is C1CCCC1.CN(C)[S+](N(C)C)N(C)C. The topological polar surface area (TPSA) is 9.72 Å². The van der Waals surface area contributed by atoms with Crippen LogP contribution in [-0.2, 0) is 11.5 Å². The normalized spacial score (nSPS) is 16.4. The lowest BCUT2D eigenvalue weighted by atomic mass is 10.4. The highest BCUT2D eigenvalue weighted by molar-refractivity contribution is 7.90. The molecule has 92 valence electrons. The third-order valence-corrected chi connectivity index (χ3v) is 4.19. The standard InChI is InChI=1S/C6H18N3S.C5H10/c1-7(2)10(8(3)4)9(5)6;1-2-4-5-3-1/h1-6H3;1-5H2/q+1;. The molecule has 0 aliphatic heterocycles. The van der Waals surface area contributed by atoms with Crippen molar-refractivity contribution in [2.75, 3.05) is 42.3 Å². The first-order valence-corrected chi connectivity index (χ1v) is 6.83. The van der Waals surface area contributed by atoms with E-state index in [0.29, 0.717) is 0 Å². The molecule has 4 heteroatoms. The number of rotatable bonds is 3. The molecule has 0 heterocycles.